The number of benzene rings is 1. The van der Waals surface area contributed by atoms with Crippen molar-refractivity contribution in [3.8, 4) is 0 Å². The smallest absolute Gasteiger partial charge is 0.247 e. The van der Waals surface area contributed by atoms with Crippen molar-refractivity contribution in [3.05, 3.63) is 40.4 Å². The number of hydrogen-bond donors (Lipinski definition) is 3. The minimum atomic E-state index is -0.772. The van der Waals surface area contributed by atoms with E-state index in [1.54, 1.807) is 6.07 Å². The van der Waals surface area contributed by atoms with Gasteiger partial charge < -0.3 is 20.7 Å². The lowest BCUT2D eigenvalue weighted by atomic mass is 9.97. The fourth-order valence-electron chi connectivity index (χ4n) is 5.32. The van der Waals surface area contributed by atoms with Gasteiger partial charge in [0.2, 0.25) is 17.7 Å². The van der Waals surface area contributed by atoms with Crippen molar-refractivity contribution in [2.24, 2.45) is 5.92 Å². The molecule has 9 nitrogen and oxygen atoms in total. The van der Waals surface area contributed by atoms with Gasteiger partial charge in [0, 0.05) is 55.7 Å². The normalized spacial score (nSPS) is 17.9. The summed E-state index contributed by atoms with van der Waals surface area (Å²) in [5.41, 5.74) is 1.31. The highest BCUT2D eigenvalue weighted by Crippen LogP contribution is 2.28. The van der Waals surface area contributed by atoms with Crippen LogP contribution in [0.3, 0.4) is 0 Å². The van der Waals surface area contributed by atoms with E-state index in [1.807, 2.05) is 19.1 Å². The zero-order valence-corrected chi connectivity index (χ0v) is 24.7. The Morgan fingerprint density at radius 3 is 2.67 bits per heavy atom. The summed E-state index contributed by atoms with van der Waals surface area (Å²) in [6.45, 7) is 9.60. The maximum absolute atomic E-state index is 13.6. The van der Waals surface area contributed by atoms with E-state index in [0.717, 1.165) is 54.0 Å². The van der Waals surface area contributed by atoms with E-state index in [4.69, 9.17) is 16.3 Å². The van der Waals surface area contributed by atoms with Gasteiger partial charge in [0.25, 0.3) is 0 Å². The van der Waals surface area contributed by atoms with Gasteiger partial charge in [0.15, 0.2) is 0 Å². The number of carbonyl (C=O) groups excluding carboxylic acids is 3. The van der Waals surface area contributed by atoms with Crippen molar-refractivity contribution in [2.45, 2.75) is 64.0 Å². The van der Waals surface area contributed by atoms with Crippen LogP contribution in [0, 0.1) is 5.92 Å². The minimum absolute atomic E-state index is 0.170. The summed E-state index contributed by atoms with van der Waals surface area (Å²) in [5, 5.41) is 10.5. The number of amides is 3. The molecule has 3 N–H and O–H groups in total. The number of hydrogen-bond acceptors (Lipinski definition) is 7. The Morgan fingerprint density at radius 1 is 1.20 bits per heavy atom. The van der Waals surface area contributed by atoms with E-state index in [9.17, 15) is 14.4 Å². The average Bonchev–Trinajstić information content (AvgIpc) is 3.61. The molecule has 2 atom stereocenters. The molecule has 218 valence electrons. The molecular weight excluding hydrogens is 550 g/mol. The molecule has 0 spiro atoms. The van der Waals surface area contributed by atoms with Crippen molar-refractivity contribution in [1.29, 1.82) is 0 Å². The maximum Gasteiger partial charge on any atom is 0.247 e. The quantitative estimate of drug-likeness (QED) is 0.309. The van der Waals surface area contributed by atoms with E-state index in [0.29, 0.717) is 49.7 Å². The molecule has 4 rings (SSSR count). The molecule has 0 radical (unpaired) electrons. The summed E-state index contributed by atoms with van der Waals surface area (Å²) in [6, 6.07) is 4.49. The zero-order valence-electron chi connectivity index (χ0n) is 23.2. The molecule has 2 heterocycles. The number of halogens is 1. The lowest BCUT2D eigenvalue weighted by molar-refractivity contribution is -0.129. The molecule has 3 amide bonds. The van der Waals surface area contributed by atoms with Gasteiger partial charge in [0.05, 0.1) is 28.4 Å². The third kappa shape index (κ3) is 8.73. The maximum atomic E-state index is 13.6. The van der Waals surface area contributed by atoms with Crippen LogP contribution in [0.1, 0.15) is 50.5 Å². The first-order valence-electron chi connectivity index (χ1n) is 14.2. The van der Waals surface area contributed by atoms with Gasteiger partial charge in [-0.3, -0.25) is 19.3 Å². The van der Waals surface area contributed by atoms with Crippen LogP contribution in [0.4, 0.5) is 0 Å². The molecule has 40 heavy (non-hydrogen) atoms. The van der Waals surface area contributed by atoms with E-state index in [2.05, 4.69) is 32.4 Å². The number of carbonyl (C=O) groups is 3. The first-order chi connectivity index (χ1) is 19.3. The van der Waals surface area contributed by atoms with Crippen molar-refractivity contribution >= 4 is 50.9 Å². The Hall–Kier alpha value is -2.53. The predicted molar refractivity (Wildman–Crippen MR) is 158 cm³/mol. The van der Waals surface area contributed by atoms with Gasteiger partial charge in [-0.25, -0.2) is 4.98 Å². The second-order valence-electron chi connectivity index (χ2n) is 10.7. The number of nitrogens with one attached hydrogen (secondary N) is 3. The molecule has 1 aromatic carbocycles. The molecule has 0 bridgehead atoms. The second kappa shape index (κ2) is 14.9. The Morgan fingerprint density at radius 2 is 1.95 bits per heavy atom. The van der Waals surface area contributed by atoms with E-state index in [1.165, 1.54) is 11.3 Å². The third-order valence-corrected chi connectivity index (χ3v) is 8.80. The van der Waals surface area contributed by atoms with Crippen LogP contribution in [-0.2, 0) is 25.5 Å². The average molecular weight is 590 g/mol. The zero-order chi connectivity index (χ0) is 28.5. The number of morpholine rings is 1. The molecule has 1 saturated carbocycles. The predicted octanol–water partition coefficient (Wildman–Crippen LogP) is 3.46. The lowest BCUT2D eigenvalue weighted by Gasteiger charge is -2.29. The van der Waals surface area contributed by atoms with Gasteiger partial charge in [-0.15, -0.1) is 11.3 Å². The largest absolute Gasteiger partial charge is 0.379 e. The number of thiazole rings is 1. The number of fused-ring (bicyclic) bond motifs is 1. The van der Waals surface area contributed by atoms with E-state index >= 15 is 0 Å². The SMILES string of the molecule is C=C(CN1CCOCC1)C(=O)NC[C@@H](NC(=O)[C@H](Cc1nc2ccc(Cl)cc2s1)NC(=O)CCC)C1CCCC1. The van der Waals surface area contributed by atoms with Crippen molar-refractivity contribution in [3.63, 3.8) is 0 Å². The fourth-order valence-corrected chi connectivity index (χ4v) is 6.61. The monoisotopic (exact) mass is 589 g/mol. The molecule has 1 saturated heterocycles. The molecular formula is C29H40ClN5O4S. The molecule has 0 unspecified atom stereocenters. The molecule has 1 aliphatic carbocycles. The number of nitrogens with zero attached hydrogens (tertiary/aromatic N) is 2. The molecule has 1 aliphatic heterocycles. The molecule has 11 heteroatoms. The highest BCUT2D eigenvalue weighted by atomic mass is 35.5. The van der Waals surface area contributed by atoms with Crippen molar-refractivity contribution in [1.82, 2.24) is 25.8 Å². The fraction of sp³-hybridized carbons (Fsp3) is 0.586. The number of aromatic nitrogens is 1. The first kappa shape index (κ1) is 30.4. The summed E-state index contributed by atoms with van der Waals surface area (Å²) in [6.07, 6.45) is 5.47. The van der Waals surface area contributed by atoms with Crippen LogP contribution in [0.2, 0.25) is 5.02 Å². The van der Waals surface area contributed by atoms with Crippen LogP contribution in [0.15, 0.2) is 30.4 Å². The highest BCUT2D eigenvalue weighted by molar-refractivity contribution is 7.18. The number of ether oxygens (including phenoxy) is 1. The van der Waals surface area contributed by atoms with Gasteiger partial charge in [-0.05, 0) is 43.4 Å². The number of rotatable bonds is 13. The van der Waals surface area contributed by atoms with Crippen LogP contribution in [0.25, 0.3) is 10.2 Å². The molecule has 2 aromatic rings. The summed E-state index contributed by atoms with van der Waals surface area (Å²) in [5.74, 6) is -0.380. The first-order valence-corrected chi connectivity index (χ1v) is 15.4. The van der Waals surface area contributed by atoms with Gasteiger partial charge in [-0.2, -0.15) is 0 Å². The Balaban J connectivity index is 1.42. The summed E-state index contributed by atoms with van der Waals surface area (Å²) < 4.78 is 6.32. The lowest BCUT2D eigenvalue weighted by Crippen LogP contribution is -2.55. The van der Waals surface area contributed by atoms with Gasteiger partial charge in [-0.1, -0.05) is 37.9 Å². The van der Waals surface area contributed by atoms with E-state index in [-0.39, 0.29) is 36.1 Å². The highest BCUT2D eigenvalue weighted by Gasteiger charge is 2.31. The second-order valence-corrected chi connectivity index (χ2v) is 12.2. The van der Waals surface area contributed by atoms with Crippen LogP contribution in [0.5, 0.6) is 0 Å². The molecule has 2 aliphatic rings. The van der Waals surface area contributed by atoms with E-state index < -0.39 is 6.04 Å². The topological polar surface area (TPSA) is 113 Å². The van der Waals surface area contributed by atoms with Gasteiger partial charge in [0.1, 0.15) is 6.04 Å². The minimum Gasteiger partial charge on any atom is -0.379 e. The van der Waals surface area contributed by atoms with Crippen molar-refractivity contribution in [2.75, 3.05) is 39.4 Å². The summed E-state index contributed by atoms with van der Waals surface area (Å²) >= 11 is 7.61. The third-order valence-electron chi connectivity index (χ3n) is 7.52. The van der Waals surface area contributed by atoms with Gasteiger partial charge >= 0.3 is 0 Å². The summed E-state index contributed by atoms with van der Waals surface area (Å²) in [7, 11) is 0. The van der Waals surface area contributed by atoms with Crippen LogP contribution in [-0.4, -0.2) is 79.1 Å². The summed E-state index contributed by atoms with van der Waals surface area (Å²) in [4.78, 5) is 45.9. The van der Waals surface area contributed by atoms with Crippen LogP contribution >= 0.6 is 22.9 Å². The Kier molecular flexibility index (Phi) is 11.3. The van der Waals surface area contributed by atoms with Crippen LogP contribution < -0.4 is 16.0 Å². The Labute approximate surface area is 245 Å². The Bertz CT molecular complexity index is 1190. The molecule has 2 fully saturated rings. The standard InChI is InChI=1S/C29H40ClN5O4S/c1-3-6-26(36)32-23(16-27-33-22-10-9-21(30)15-25(22)40-27)29(38)34-24(20-7-4-5-8-20)17-31-28(37)19(2)18-35-11-13-39-14-12-35/h9-10,15,20,23-24H,2-8,11-14,16-18H2,1H3,(H,31,37)(H,32,36)(H,34,38)/t23-,24+/m0/s1. The van der Waals surface area contributed by atoms with Crippen molar-refractivity contribution < 1.29 is 19.1 Å². The molecule has 1 aromatic heterocycles.